The van der Waals surface area contributed by atoms with Gasteiger partial charge in [-0.2, -0.15) is 0 Å². The average Bonchev–Trinajstić information content (AvgIpc) is 2.36. The summed E-state index contributed by atoms with van der Waals surface area (Å²) in [6.07, 6.45) is 0.418. The lowest BCUT2D eigenvalue weighted by Gasteiger charge is -2.31. The van der Waals surface area contributed by atoms with Crippen molar-refractivity contribution >= 4 is 27.5 Å². The van der Waals surface area contributed by atoms with E-state index in [-0.39, 0.29) is 33.8 Å². The standard InChI is InChI=1S/C14H19BrN2O4/c1-14(2,3)11(7-8-18)16-13(19)9-5-4-6-10(12(9)15)17(20)21/h4-6,11,18H,7-8H2,1-3H3,(H,16,19). The maximum Gasteiger partial charge on any atom is 0.284 e. The highest BCUT2D eigenvalue weighted by Crippen LogP contribution is 2.29. The fourth-order valence-corrected chi connectivity index (χ4v) is 2.51. The van der Waals surface area contributed by atoms with Crippen LogP contribution in [0.2, 0.25) is 0 Å². The van der Waals surface area contributed by atoms with Crippen LogP contribution in [0.25, 0.3) is 0 Å². The molecule has 1 amide bonds. The second-order valence-corrected chi connectivity index (χ2v) is 6.59. The summed E-state index contributed by atoms with van der Waals surface area (Å²) in [5, 5.41) is 22.8. The number of nitro groups is 1. The number of carbonyl (C=O) groups excluding carboxylic acids is 1. The average molecular weight is 359 g/mol. The molecule has 1 atom stereocenters. The van der Waals surface area contributed by atoms with E-state index in [0.717, 1.165) is 0 Å². The van der Waals surface area contributed by atoms with Crippen molar-refractivity contribution in [1.82, 2.24) is 5.32 Å². The van der Waals surface area contributed by atoms with Crippen LogP contribution >= 0.6 is 15.9 Å². The molecular formula is C14H19BrN2O4. The molecule has 1 aromatic rings. The van der Waals surface area contributed by atoms with Crippen molar-refractivity contribution < 1.29 is 14.8 Å². The first kappa shape index (κ1) is 17.6. The Kier molecular flexibility index (Phi) is 5.86. The van der Waals surface area contributed by atoms with E-state index in [0.29, 0.717) is 6.42 Å². The Morgan fingerprint density at radius 2 is 2.10 bits per heavy atom. The fourth-order valence-electron chi connectivity index (χ4n) is 1.92. The van der Waals surface area contributed by atoms with E-state index in [9.17, 15) is 14.9 Å². The summed E-state index contributed by atoms with van der Waals surface area (Å²) in [6, 6.07) is 4.08. The number of benzene rings is 1. The van der Waals surface area contributed by atoms with Crippen LogP contribution in [0.1, 0.15) is 37.6 Å². The van der Waals surface area contributed by atoms with Gasteiger partial charge in [0.15, 0.2) is 0 Å². The predicted octanol–water partition coefficient (Wildman–Crippen LogP) is 2.88. The molecule has 1 rings (SSSR count). The number of carbonyl (C=O) groups is 1. The molecular weight excluding hydrogens is 340 g/mol. The molecule has 0 saturated heterocycles. The molecule has 0 radical (unpaired) electrons. The molecule has 0 saturated carbocycles. The molecule has 1 aromatic carbocycles. The van der Waals surface area contributed by atoms with Crippen LogP contribution < -0.4 is 5.32 Å². The minimum Gasteiger partial charge on any atom is -0.396 e. The van der Waals surface area contributed by atoms with Crippen LogP contribution in [0.4, 0.5) is 5.69 Å². The molecule has 0 heterocycles. The summed E-state index contributed by atoms with van der Waals surface area (Å²) < 4.78 is 0.157. The van der Waals surface area contributed by atoms with Crippen molar-refractivity contribution in [3.8, 4) is 0 Å². The third-order valence-corrected chi connectivity index (χ3v) is 4.02. The van der Waals surface area contributed by atoms with Crippen molar-refractivity contribution in [2.24, 2.45) is 5.41 Å². The van der Waals surface area contributed by atoms with E-state index >= 15 is 0 Å². The molecule has 0 spiro atoms. The number of nitrogens with one attached hydrogen (secondary N) is 1. The van der Waals surface area contributed by atoms with E-state index in [1.165, 1.54) is 18.2 Å². The van der Waals surface area contributed by atoms with Gasteiger partial charge in [-0.15, -0.1) is 0 Å². The van der Waals surface area contributed by atoms with Gasteiger partial charge in [-0.05, 0) is 33.8 Å². The zero-order chi connectivity index (χ0) is 16.2. The van der Waals surface area contributed by atoms with E-state index in [1.807, 2.05) is 20.8 Å². The number of rotatable bonds is 5. The molecule has 0 bridgehead atoms. The Morgan fingerprint density at radius 1 is 1.48 bits per heavy atom. The molecule has 6 nitrogen and oxygen atoms in total. The highest BCUT2D eigenvalue weighted by molar-refractivity contribution is 9.10. The predicted molar refractivity (Wildman–Crippen MR) is 83.2 cm³/mol. The monoisotopic (exact) mass is 358 g/mol. The van der Waals surface area contributed by atoms with E-state index in [4.69, 9.17) is 5.11 Å². The smallest absolute Gasteiger partial charge is 0.284 e. The van der Waals surface area contributed by atoms with Gasteiger partial charge in [0.2, 0.25) is 0 Å². The van der Waals surface area contributed by atoms with Gasteiger partial charge in [-0.1, -0.05) is 26.8 Å². The SMILES string of the molecule is CC(C)(C)C(CCO)NC(=O)c1cccc([N+](=O)[O-])c1Br. The zero-order valence-electron chi connectivity index (χ0n) is 12.2. The van der Waals surface area contributed by atoms with Gasteiger partial charge >= 0.3 is 0 Å². The molecule has 0 aromatic heterocycles. The molecule has 1 unspecified atom stereocenters. The van der Waals surface area contributed by atoms with Gasteiger partial charge in [0.1, 0.15) is 4.47 Å². The van der Waals surface area contributed by atoms with Crippen LogP contribution in [-0.4, -0.2) is 28.6 Å². The highest BCUT2D eigenvalue weighted by atomic mass is 79.9. The topological polar surface area (TPSA) is 92.5 Å². The number of aliphatic hydroxyl groups excluding tert-OH is 1. The Bertz CT molecular complexity index is 540. The van der Waals surface area contributed by atoms with Crippen molar-refractivity contribution in [1.29, 1.82) is 0 Å². The van der Waals surface area contributed by atoms with Crippen LogP contribution in [0.5, 0.6) is 0 Å². The lowest BCUT2D eigenvalue weighted by molar-refractivity contribution is -0.385. The van der Waals surface area contributed by atoms with Gasteiger partial charge < -0.3 is 10.4 Å². The minimum absolute atomic E-state index is 0.0433. The highest BCUT2D eigenvalue weighted by Gasteiger charge is 2.27. The minimum atomic E-state index is -0.546. The molecule has 7 heteroatoms. The van der Waals surface area contributed by atoms with Crippen molar-refractivity contribution in [2.75, 3.05) is 6.61 Å². The maximum atomic E-state index is 12.3. The summed E-state index contributed by atoms with van der Waals surface area (Å²) in [4.78, 5) is 22.7. The second kappa shape index (κ2) is 7.00. The van der Waals surface area contributed by atoms with Gasteiger partial charge in [0, 0.05) is 18.7 Å². The van der Waals surface area contributed by atoms with Crippen LogP contribution in [0.3, 0.4) is 0 Å². The second-order valence-electron chi connectivity index (χ2n) is 5.80. The van der Waals surface area contributed by atoms with Gasteiger partial charge in [0.25, 0.3) is 11.6 Å². The number of nitro benzene ring substituents is 1. The molecule has 0 fully saturated rings. The molecule has 116 valence electrons. The number of aliphatic hydroxyl groups is 1. The first-order valence-corrected chi connectivity index (χ1v) is 7.32. The normalized spacial score (nSPS) is 12.8. The summed E-state index contributed by atoms with van der Waals surface area (Å²) >= 11 is 3.11. The van der Waals surface area contributed by atoms with Gasteiger partial charge in [-0.3, -0.25) is 14.9 Å². The quantitative estimate of drug-likeness (QED) is 0.625. The van der Waals surface area contributed by atoms with Crippen molar-refractivity contribution in [2.45, 2.75) is 33.2 Å². The zero-order valence-corrected chi connectivity index (χ0v) is 13.8. The van der Waals surface area contributed by atoms with Crippen LogP contribution in [0, 0.1) is 15.5 Å². The van der Waals surface area contributed by atoms with Crippen molar-refractivity contribution in [3.63, 3.8) is 0 Å². The van der Waals surface area contributed by atoms with Crippen LogP contribution in [0.15, 0.2) is 22.7 Å². The van der Waals surface area contributed by atoms with Crippen molar-refractivity contribution in [3.05, 3.63) is 38.3 Å². The summed E-state index contributed by atoms with van der Waals surface area (Å²) in [6.45, 7) is 5.82. The van der Waals surface area contributed by atoms with Gasteiger partial charge in [0.05, 0.1) is 10.5 Å². The molecule has 0 aliphatic rings. The maximum absolute atomic E-state index is 12.3. The first-order valence-electron chi connectivity index (χ1n) is 6.53. The lowest BCUT2D eigenvalue weighted by atomic mass is 9.84. The number of hydrogen-bond donors (Lipinski definition) is 2. The third kappa shape index (κ3) is 4.50. The number of hydrogen-bond acceptors (Lipinski definition) is 4. The van der Waals surface area contributed by atoms with E-state index in [1.54, 1.807) is 0 Å². The number of nitrogens with zero attached hydrogens (tertiary/aromatic N) is 1. The summed E-state index contributed by atoms with van der Waals surface area (Å²) in [5.41, 5.74) is -0.181. The summed E-state index contributed by atoms with van der Waals surface area (Å²) in [7, 11) is 0. The van der Waals surface area contributed by atoms with Crippen LogP contribution in [-0.2, 0) is 0 Å². The number of halogens is 1. The largest absolute Gasteiger partial charge is 0.396 e. The molecule has 2 N–H and O–H groups in total. The molecule has 0 aliphatic heterocycles. The Morgan fingerprint density at radius 3 is 2.57 bits per heavy atom. The number of amides is 1. The first-order chi connectivity index (χ1) is 9.68. The third-order valence-electron chi connectivity index (χ3n) is 3.19. The van der Waals surface area contributed by atoms with E-state index in [2.05, 4.69) is 21.2 Å². The Balaban J connectivity index is 3.04. The Labute approximate surface area is 131 Å². The van der Waals surface area contributed by atoms with Gasteiger partial charge in [-0.25, -0.2) is 0 Å². The Hall–Kier alpha value is -1.47. The molecule has 0 aliphatic carbocycles. The lowest BCUT2D eigenvalue weighted by Crippen LogP contribution is -2.44. The fraction of sp³-hybridized carbons (Fsp3) is 0.500. The van der Waals surface area contributed by atoms with E-state index < -0.39 is 10.8 Å². The summed E-state index contributed by atoms with van der Waals surface area (Å²) in [5.74, 6) is -0.404. The molecule has 21 heavy (non-hydrogen) atoms.